The topological polar surface area (TPSA) is 97.8 Å². The van der Waals surface area contributed by atoms with Crippen LogP contribution in [-0.4, -0.2) is 52.6 Å². The lowest BCUT2D eigenvalue weighted by atomic mass is 9.43. The normalized spacial score (nSPS) is 28.8. The van der Waals surface area contributed by atoms with Crippen molar-refractivity contribution < 1.29 is 24.0 Å². The summed E-state index contributed by atoms with van der Waals surface area (Å²) in [5.41, 5.74) is 1.72. The Kier molecular flexibility index (Phi) is 7.99. The third-order valence-electron chi connectivity index (χ3n) is 9.78. The number of benzene rings is 1. The van der Waals surface area contributed by atoms with Gasteiger partial charge in [0.25, 0.3) is 0 Å². The Morgan fingerprint density at radius 3 is 2.45 bits per heavy atom. The molecule has 2 aromatic rings. The van der Waals surface area contributed by atoms with Crippen LogP contribution in [0.25, 0.3) is 11.3 Å². The molecule has 1 aromatic carbocycles. The van der Waals surface area contributed by atoms with Crippen LogP contribution < -0.4 is 5.32 Å². The van der Waals surface area contributed by atoms with Gasteiger partial charge in [0.2, 0.25) is 5.91 Å². The number of rotatable bonds is 10. The molecule has 1 aliphatic heterocycles. The molecule has 4 fully saturated rings. The molecule has 8 heteroatoms. The highest BCUT2D eigenvalue weighted by Gasteiger charge is 2.68. The fourth-order valence-electron chi connectivity index (χ4n) is 7.25. The monoisotopic (exact) mass is 546 g/mol. The molecule has 0 spiro atoms. The SMILES string of the molecule is CC(C)CC(NC(=O)C(CC(=O)c1cccc(-c2ccccc2)n1)[C@@H](C)O)B1OC2C[C@@H]3C[C@@H](C3(C)C)[C@]2(C)O1. The maximum Gasteiger partial charge on any atom is 0.481 e. The molecule has 3 unspecified atom stereocenters. The third-order valence-corrected chi connectivity index (χ3v) is 9.78. The van der Waals surface area contributed by atoms with Crippen LogP contribution in [0.2, 0.25) is 0 Å². The minimum atomic E-state index is -1.01. The minimum absolute atomic E-state index is 0.0120. The molecular formula is C32H43BN2O5. The predicted octanol–water partition coefficient (Wildman–Crippen LogP) is 5.12. The molecule has 40 heavy (non-hydrogen) atoms. The number of Topliss-reactive ketones (excluding diaryl/α,β-unsaturated/α-hetero) is 1. The summed E-state index contributed by atoms with van der Waals surface area (Å²) < 4.78 is 13.2. The Bertz CT molecular complexity index is 1230. The molecule has 1 amide bonds. The highest BCUT2D eigenvalue weighted by molar-refractivity contribution is 6.47. The highest BCUT2D eigenvalue weighted by atomic mass is 16.7. The van der Waals surface area contributed by atoms with Crippen LogP contribution in [0.5, 0.6) is 0 Å². The van der Waals surface area contributed by atoms with Gasteiger partial charge in [-0.2, -0.15) is 0 Å². The van der Waals surface area contributed by atoms with E-state index in [1.54, 1.807) is 19.1 Å². The Hall–Kier alpha value is -2.55. The van der Waals surface area contributed by atoms with E-state index in [-0.39, 0.29) is 52.8 Å². The average molecular weight is 547 g/mol. The van der Waals surface area contributed by atoms with Gasteiger partial charge in [0.1, 0.15) is 5.69 Å². The number of nitrogens with zero attached hydrogens (tertiary/aromatic N) is 1. The number of aromatic nitrogens is 1. The first-order valence-electron chi connectivity index (χ1n) is 14.8. The second-order valence-corrected chi connectivity index (χ2v) is 13.3. The molecule has 1 aromatic heterocycles. The van der Waals surface area contributed by atoms with Gasteiger partial charge in [-0.1, -0.05) is 64.1 Å². The molecule has 2 bridgehead atoms. The smallest absolute Gasteiger partial charge is 0.404 e. The van der Waals surface area contributed by atoms with E-state index in [0.717, 1.165) is 18.4 Å². The lowest BCUT2D eigenvalue weighted by Crippen LogP contribution is -2.65. The fourth-order valence-corrected chi connectivity index (χ4v) is 7.25. The number of pyridine rings is 1. The first-order chi connectivity index (χ1) is 18.9. The zero-order valence-electron chi connectivity index (χ0n) is 24.6. The molecule has 7 atom stereocenters. The van der Waals surface area contributed by atoms with Gasteiger partial charge in [0, 0.05) is 12.0 Å². The molecule has 3 saturated carbocycles. The number of carbonyl (C=O) groups is 2. The molecule has 3 aliphatic carbocycles. The van der Waals surface area contributed by atoms with Crippen molar-refractivity contribution in [3.63, 3.8) is 0 Å². The summed E-state index contributed by atoms with van der Waals surface area (Å²) in [5, 5.41) is 13.7. The van der Waals surface area contributed by atoms with Crippen LogP contribution in [-0.2, 0) is 14.1 Å². The fraction of sp³-hybridized carbons (Fsp3) is 0.594. The van der Waals surface area contributed by atoms with Crippen LogP contribution in [0.15, 0.2) is 48.5 Å². The minimum Gasteiger partial charge on any atom is -0.404 e. The van der Waals surface area contributed by atoms with Gasteiger partial charge >= 0.3 is 7.12 Å². The summed E-state index contributed by atoms with van der Waals surface area (Å²) in [4.78, 5) is 31.4. The first-order valence-corrected chi connectivity index (χ1v) is 14.8. The summed E-state index contributed by atoms with van der Waals surface area (Å²) in [6.45, 7) is 12.6. The van der Waals surface area contributed by atoms with Crippen LogP contribution in [0.4, 0.5) is 0 Å². The summed E-state index contributed by atoms with van der Waals surface area (Å²) in [6, 6.07) is 14.9. The van der Waals surface area contributed by atoms with Crippen molar-refractivity contribution in [1.29, 1.82) is 0 Å². The van der Waals surface area contributed by atoms with E-state index in [1.165, 1.54) is 0 Å². The Labute approximate surface area is 238 Å². The molecule has 0 radical (unpaired) electrons. The Balaban J connectivity index is 1.29. The van der Waals surface area contributed by atoms with E-state index >= 15 is 0 Å². The molecule has 2 heterocycles. The number of ketones is 1. The number of hydrogen-bond acceptors (Lipinski definition) is 6. The van der Waals surface area contributed by atoms with Crippen molar-refractivity contribution in [1.82, 2.24) is 10.3 Å². The zero-order valence-corrected chi connectivity index (χ0v) is 24.6. The number of amides is 1. The molecule has 4 aliphatic rings. The number of hydrogen-bond donors (Lipinski definition) is 2. The van der Waals surface area contributed by atoms with E-state index in [1.807, 2.05) is 36.4 Å². The number of nitrogens with one attached hydrogen (secondary N) is 1. The lowest BCUT2D eigenvalue weighted by molar-refractivity contribution is -0.199. The molecule has 2 N–H and O–H groups in total. The number of aliphatic hydroxyl groups excluding tert-OH is 1. The number of carbonyl (C=O) groups excluding carboxylic acids is 2. The van der Waals surface area contributed by atoms with E-state index in [2.05, 4.69) is 44.9 Å². The average Bonchev–Trinajstić information content (AvgIpc) is 3.28. The van der Waals surface area contributed by atoms with Gasteiger partial charge in [-0.15, -0.1) is 0 Å². The van der Waals surface area contributed by atoms with Crippen molar-refractivity contribution in [3.05, 3.63) is 54.2 Å². The van der Waals surface area contributed by atoms with Crippen LogP contribution in [0.3, 0.4) is 0 Å². The van der Waals surface area contributed by atoms with Crippen molar-refractivity contribution in [3.8, 4) is 11.3 Å². The molecule has 6 rings (SSSR count). The van der Waals surface area contributed by atoms with Gasteiger partial charge in [-0.05, 0) is 68.4 Å². The second kappa shape index (κ2) is 11.0. The molecule has 7 nitrogen and oxygen atoms in total. The zero-order chi connectivity index (χ0) is 28.8. The predicted molar refractivity (Wildman–Crippen MR) is 155 cm³/mol. The first kappa shape index (κ1) is 29.0. The summed E-state index contributed by atoms with van der Waals surface area (Å²) >= 11 is 0. The maximum absolute atomic E-state index is 13.6. The summed E-state index contributed by atoms with van der Waals surface area (Å²) in [5.74, 6) is -0.615. The standard InChI is InChI=1S/C32H43BN2O5/c1-19(2)15-29(33-39-28-17-22-16-27(31(22,4)5)32(28,6)40-33)35-30(38)23(20(3)36)18-26(37)25-14-10-13-24(34-25)21-11-8-7-9-12-21/h7-14,19-20,22-23,27-29,36H,15-18H2,1-6H3,(H,35,38)/t20-,22+,23?,27+,28?,29?,32+/m1/s1. The van der Waals surface area contributed by atoms with E-state index < -0.39 is 19.1 Å². The summed E-state index contributed by atoms with van der Waals surface area (Å²) in [7, 11) is -0.564. The lowest BCUT2D eigenvalue weighted by Gasteiger charge is -2.64. The quantitative estimate of drug-likeness (QED) is 0.317. The van der Waals surface area contributed by atoms with Gasteiger partial charge in [0.15, 0.2) is 5.78 Å². The molecular weight excluding hydrogens is 503 g/mol. The Morgan fingerprint density at radius 2 is 1.80 bits per heavy atom. The van der Waals surface area contributed by atoms with Crippen LogP contribution >= 0.6 is 0 Å². The molecule has 214 valence electrons. The van der Waals surface area contributed by atoms with E-state index in [4.69, 9.17) is 9.31 Å². The van der Waals surface area contributed by atoms with Crippen molar-refractivity contribution in [2.45, 2.75) is 91.0 Å². The summed E-state index contributed by atoms with van der Waals surface area (Å²) in [6.07, 6.45) is 1.64. The van der Waals surface area contributed by atoms with Gasteiger partial charge in [-0.25, -0.2) is 4.98 Å². The van der Waals surface area contributed by atoms with Crippen molar-refractivity contribution in [2.24, 2.45) is 29.1 Å². The second-order valence-electron chi connectivity index (χ2n) is 13.3. The van der Waals surface area contributed by atoms with E-state index in [9.17, 15) is 14.7 Å². The number of aliphatic hydroxyl groups is 1. The van der Waals surface area contributed by atoms with Crippen LogP contribution in [0, 0.1) is 29.1 Å². The van der Waals surface area contributed by atoms with Gasteiger partial charge in [0.05, 0.1) is 35.4 Å². The van der Waals surface area contributed by atoms with E-state index in [0.29, 0.717) is 24.0 Å². The van der Waals surface area contributed by atoms with Gasteiger partial charge < -0.3 is 19.7 Å². The Morgan fingerprint density at radius 1 is 1.07 bits per heavy atom. The van der Waals surface area contributed by atoms with Crippen LogP contribution in [0.1, 0.15) is 77.7 Å². The van der Waals surface area contributed by atoms with Crippen molar-refractivity contribution >= 4 is 18.8 Å². The van der Waals surface area contributed by atoms with Crippen molar-refractivity contribution in [2.75, 3.05) is 0 Å². The molecule has 1 saturated heterocycles. The van der Waals surface area contributed by atoms with Gasteiger partial charge in [-0.3, -0.25) is 9.59 Å². The third kappa shape index (κ3) is 5.38. The highest BCUT2D eigenvalue weighted by Crippen LogP contribution is 2.65. The largest absolute Gasteiger partial charge is 0.481 e. The maximum atomic E-state index is 13.6.